The van der Waals surface area contributed by atoms with Gasteiger partial charge >= 0.3 is 0 Å². The zero-order valence-electron chi connectivity index (χ0n) is 14.0. The van der Waals surface area contributed by atoms with Crippen LogP contribution in [0.2, 0.25) is 0 Å². The molecule has 4 heteroatoms. The molecule has 0 spiro atoms. The summed E-state index contributed by atoms with van der Waals surface area (Å²) in [7, 11) is 1.66. The minimum Gasteiger partial charge on any atom is -0.497 e. The fraction of sp³-hybridized carbons (Fsp3) is 0.667. The van der Waals surface area contributed by atoms with Crippen LogP contribution in [0.5, 0.6) is 11.5 Å². The average Bonchev–Trinajstić information content (AvgIpc) is 2.51. The van der Waals surface area contributed by atoms with Crippen LogP contribution >= 0.6 is 0 Å². The van der Waals surface area contributed by atoms with Crippen molar-refractivity contribution in [2.45, 2.75) is 51.7 Å². The highest BCUT2D eigenvalue weighted by atomic mass is 19.1. The maximum atomic E-state index is 13.9. The number of ether oxygens (including phenoxy) is 2. The maximum absolute atomic E-state index is 13.9. The first-order valence-electron chi connectivity index (χ1n) is 8.25. The van der Waals surface area contributed by atoms with Crippen molar-refractivity contribution in [2.24, 2.45) is 0 Å². The monoisotopic (exact) mass is 309 g/mol. The first-order chi connectivity index (χ1) is 10.5. The van der Waals surface area contributed by atoms with Gasteiger partial charge in [0.2, 0.25) is 0 Å². The molecule has 0 unspecified atom stereocenters. The Morgan fingerprint density at radius 1 is 1.27 bits per heavy atom. The molecular weight excluding hydrogens is 281 g/mol. The van der Waals surface area contributed by atoms with Gasteiger partial charge in [-0.2, -0.15) is 0 Å². The Kier molecular flexibility index (Phi) is 6.07. The number of methoxy groups -OCH3 is 1. The Morgan fingerprint density at radius 2 is 2.00 bits per heavy atom. The van der Waals surface area contributed by atoms with Gasteiger partial charge in [0.05, 0.1) is 13.7 Å². The Hall–Kier alpha value is -1.29. The van der Waals surface area contributed by atoms with Gasteiger partial charge in [-0.3, -0.25) is 4.90 Å². The lowest BCUT2D eigenvalue weighted by Gasteiger charge is -2.34. The topological polar surface area (TPSA) is 21.7 Å². The highest BCUT2D eigenvalue weighted by molar-refractivity contribution is 5.40. The molecule has 0 bridgehead atoms. The van der Waals surface area contributed by atoms with Gasteiger partial charge in [0.25, 0.3) is 0 Å². The molecule has 0 atom stereocenters. The van der Waals surface area contributed by atoms with E-state index >= 15 is 0 Å². The summed E-state index contributed by atoms with van der Waals surface area (Å²) < 4.78 is 25.1. The van der Waals surface area contributed by atoms with E-state index in [-0.39, 0.29) is 0 Å². The lowest BCUT2D eigenvalue weighted by Crippen LogP contribution is -2.39. The second-order valence-electron chi connectivity index (χ2n) is 6.37. The van der Waals surface area contributed by atoms with E-state index < -0.39 is 5.67 Å². The van der Waals surface area contributed by atoms with Crippen molar-refractivity contribution in [1.29, 1.82) is 0 Å². The van der Waals surface area contributed by atoms with Crippen molar-refractivity contribution < 1.29 is 13.9 Å². The van der Waals surface area contributed by atoms with E-state index in [2.05, 4.69) is 17.9 Å². The van der Waals surface area contributed by atoms with E-state index in [9.17, 15) is 4.39 Å². The number of piperidine rings is 1. The van der Waals surface area contributed by atoms with E-state index in [1.807, 2.05) is 12.1 Å². The summed E-state index contributed by atoms with van der Waals surface area (Å²) in [5.74, 6) is 1.70. The molecule has 1 fully saturated rings. The molecule has 0 N–H and O–H groups in total. The van der Waals surface area contributed by atoms with Crippen molar-refractivity contribution in [3.8, 4) is 11.5 Å². The Labute approximate surface area is 133 Å². The summed E-state index contributed by atoms with van der Waals surface area (Å²) >= 11 is 0. The smallest absolute Gasteiger partial charge is 0.127 e. The van der Waals surface area contributed by atoms with E-state index in [1.54, 1.807) is 14.0 Å². The lowest BCUT2D eigenvalue weighted by atomic mass is 9.95. The summed E-state index contributed by atoms with van der Waals surface area (Å²) in [5, 5.41) is 0. The van der Waals surface area contributed by atoms with Gasteiger partial charge < -0.3 is 9.47 Å². The Morgan fingerprint density at radius 3 is 2.64 bits per heavy atom. The number of benzene rings is 1. The molecule has 1 aliphatic heterocycles. The molecular formula is C18H28FNO2. The van der Waals surface area contributed by atoms with Crippen molar-refractivity contribution in [2.75, 3.05) is 26.8 Å². The zero-order valence-corrected chi connectivity index (χ0v) is 14.0. The number of rotatable bonds is 7. The van der Waals surface area contributed by atoms with Gasteiger partial charge in [0.15, 0.2) is 0 Å². The third kappa shape index (κ3) is 4.87. The molecule has 1 saturated heterocycles. The number of unbranched alkanes of at least 4 members (excludes halogenated alkanes) is 1. The van der Waals surface area contributed by atoms with Gasteiger partial charge in [-0.25, -0.2) is 4.39 Å². The molecule has 1 heterocycles. The number of hydrogen-bond acceptors (Lipinski definition) is 3. The van der Waals surface area contributed by atoms with Crippen LogP contribution in [0, 0.1) is 0 Å². The third-order valence-corrected chi connectivity index (χ3v) is 4.32. The zero-order chi connectivity index (χ0) is 16.0. The molecule has 0 aliphatic carbocycles. The van der Waals surface area contributed by atoms with Crippen molar-refractivity contribution >= 4 is 0 Å². The van der Waals surface area contributed by atoms with Gasteiger partial charge in [-0.05, 0) is 32.3 Å². The van der Waals surface area contributed by atoms with Crippen LogP contribution in [0.1, 0.15) is 45.1 Å². The summed E-state index contributed by atoms with van der Waals surface area (Å²) in [6.07, 6.45) is 3.37. The Bertz CT molecular complexity index is 466. The van der Waals surface area contributed by atoms with Gasteiger partial charge in [-0.1, -0.05) is 19.4 Å². The predicted molar refractivity (Wildman–Crippen MR) is 87.4 cm³/mol. The normalized spacial score (nSPS) is 18.2. The Balaban J connectivity index is 2.02. The van der Waals surface area contributed by atoms with Crippen molar-refractivity contribution in [3.63, 3.8) is 0 Å². The molecule has 2 rings (SSSR count). The summed E-state index contributed by atoms with van der Waals surface area (Å²) in [6.45, 7) is 6.98. The lowest BCUT2D eigenvalue weighted by molar-refractivity contribution is 0.0700. The number of halogens is 1. The van der Waals surface area contributed by atoms with E-state index in [1.165, 1.54) is 0 Å². The maximum Gasteiger partial charge on any atom is 0.127 e. The number of nitrogens with zero attached hydrogens (tertiary/aromatic N) is 1. The first kappa shape index (κ1) is 17.1. The van der Waals surface area contributed by atoms with Crippen LogP contribution < -0.4 is 9.47 Å². The van der Waals surface area contributed by atoms with E-state index in [0.717, 1.165) is 56.1 Å². The highest BCUT2D eigenvalue weighted by Crippen LogP contribution is 2.30. The third-order valence-electron chi connectivity index (χ3n) is 4.32. The molecule has 3 nitrogen and oxygen atoms in total. The van der Waals surface area contributed by atoms with Crippen LogP contribution in [0.4, 0.5) is 4.39 Å². The van der Waals surface area contributed by atoms with E-state index in [4.69, 9.17) is 9.47 Å². The van der Waals surface area contributed by atoms with Crippen LogP contribution in [0.15, 0.2) is 18.2 Å². The SMILES string of the molecule is CCCCOc1cc(OC)ccc1CN1CCC(C)(F)CC1. The molecule has 1 aromatic rings. The van der Waals surface area contributed by atoms with Crippen LogP contribution in [0.3, 0.4) is 0 Å². The van der Waals surface area contributed by atoms with Crippen molar-refractivity contribution in [3.05, 3.63) is 23.8 Å². The van der Waals surface area contributed by atoms with Gasteiger partial charge in [-0.15, -0.1) is 0 Å². The minimum atomic E-state index is -1.00. The number of alkyl halides is 1. The first-order valence-corrected chi connectivity index (χ1v) is 8.25. The molecule has 1 aromatic carbocycles. The van der Waals surface area contributed by atoms with Gasteiger partial charge in [0, 0.05) is 31.3 Å². The summed E-state index contributed by atoms with van der Waals surface area (Å²) in [6, 6.07) is 5.98. The van der Waals surface area contributed by atoms with Crippen molar-refractivity contribution in [1.82, 2.24) is 4.90 Å². The quantitative estimate of drug-likeness (QED) is 0.705. The molecule has 124 valence electrons. The molecule has 0 aromatic heterocycles. The van der Waals surface area contributed by atoms with Crippen LogP contribution in [0.25, 0.3) is 0 Å². The fourth-order valence-corrected chi connectivity index (χ4v) is 2.67. The minimum absolute atomic E-state index is 0.606. The van der Waals surface area contributed by atoms with Crippen LogP contribution in [-0.4, -0.2) is 37.4 Å². The average molecular weight is 309 g/mol. The standard InChI is InChI=1S/C18H28FNO2/c1-4-5-12-22-17-13-16(21-3)7-6-15(17)14-20-10-8-18(2,19)9-11-20/h6-7,13H,4-5,8-12,14H2,1-3H3. The highest BCUT2D eigenvalue weighted by Gasteiger charge is 2.29. The predicted octanol–water partition coefficient (Wildman–Crippen LogP) is 4.20. The van der Waals surface area contributed by atoms with Crippen LogP contribution in [-0.2, 0) is 6.54 Å². The molecule has 0 radical (unpaired) electrons. The second kappa shape index (κ2) is 7.82. The van der Waals surface area contributed by atoms with Gasteiger partial charge in [0.1, 0.15) is 17.2 Å². The molecule has 0 saturated carbocycles. The fourth-order valence-electron chi connectivity index (χ4n) is 2.67. The molecule has 0 amide bonds. The number of hydrogen-bond donors (Lipinski definition) is 0. The largest absolute Gasteiger partial charge is 0.497 e. The summed E-state index contributed by atoms with van der Waals surface area (Å²) in [4.78, 5) is 2.30. The molecule has 22 heavy (non-hydrogen) atoms. The number of likely N-dealkylation sites (tertiary alicyclic amines) is 1. The second-order valence-corrected chi connectivity index (χ2v) is 6.37. The van der Waals surface area contributed by atoms with E-state index in [0.29, 0.717) is 12.8 Å². The summed E-state index contributed by atoms with van der Waals surface area (Å²) in [5.41, 5.74) is 0.149. The molecule has 1 aliphatic rings.